The molecule has 1 aliphatic heterocycles. The molecule has 0 unspecified atom stereocenters. The smallest absolute Gasteiger partial charge is 0.256 e. The Morgan fingerprint density at radius 3 is 2.67 bits per heavy atom. The van der Waals surface area contributed by atoms with E-state index in [1.807, 2.05) is 82.0 Å². The van der Waals surface area contributed by atoms with Crippen molar-refractivity contribution in [3.8, 4) is 5.69 Å². The van der Waals surface area contributed by atoms with Gasteiger partial charge in [-0.2, -0.15) is 0 Å². The lowest BCUT2D eigenvalue weighted by Crippen LogP contribution is -2.36. The van der Waals surface area contributed by atoms with E-state index in [0.29, 0.717) is 13.1 Å². The van der Waals surface area contributed by atoms with E-state index in [2.05, 4.69) is 10.3 Å². The molecule has 0 saturated heterocycles. The van der Waals surface area contributed by atoms with E-state index in [1.165, 1.54) is 0 Å². The van der Waals surface area contributed by atoms with Crippen molar-refractivity contribution in [1.82, 2.24) is 24.5 Å². The van der Waals surface area contributed by atoms with Crippen LogP contribution >= 0.6 is 0 Å². The van der Waals surface area contributed by atoms with Crippen molar-refractivity contribution in [1.29, 1.82) is 0 Å². The highest BCUT2D eigenvalue weighted by molar-refractivity contribution is 6.07. The van der Waals surface area contributed by atoms with Gasteiger partial charge in [-0.05, 0) is 18.2 Å². The molecular formula is C21H19N5O. The molecule has 5 rings (SSSR count). The Morgan fingerprint density at radius 1 is 1.04 bits per heavy atom. The van der Waals surface area contributed by atoms with Crippen LogP contribution in [0.1, 0.15) is 21.7 Å². The summed E-state index contributed by atoms with van der Waals surface area (Å²) in [7, 11) is 1.97. The Kier molecular flexibility index (Phi) is 3.57. The van der Waals surface area contributed by atoms with Gasteiger partial charge in [-0.25, -0.2) is 4.68 Å². The second-order valence-corrected chi connectivity index (χ2v) is 6.88. The van der Waals surface area contributed by atoms with E-state index in [-0.39, 0.29) is 5.91 Å². The molecule has 0 bridgehead atoms. The molecular weight excluding hydrogens is 338 g/mol. The van der Waals surface area contributed by atoms with Crippen LogP contribution in [0, 0.1) is 0 Å². The lowest BCUT2D eigenvalue weighted by Gasteiger charge is -2.26. The highest BCUT2D eigenvalue weighted by Crippen LogP contribution is 2.25. The number of aromatic nitrogens is 4. The average Bonchev–Trinajstić information content (AvgIpc) is 3.29. The fraction of sp³-hybridized carbons (Fsp3) is 0.190. The van der Waals surface area contributed by atoms with Crippen molar-refractivity contribution in [3.63, 3.8) is 0 Å². The summed E-state index contributed by atoms with van der Waals surface area (Å²) in [6.45, 7) is 1.15. The van der Waals surface area contributed by atoms with Crippen molar-refractivity contribution < 1.29 is 4.79 Å². The highest BCUT2D eigenvalue weighted by atomic mass is 16.2. The zero-order chi connectivity index (χ0) is 18.4. The maximum Gasteiger partial charge on any atom is 0.256 e. The van der Waals surface area contributed by atoms with E-state index in [4.69, 9.17) is 0 Å². The van der Waals surface area contributed by atoms with Crippen LogP contribution < -0.4 is 0 Å². The number of carbonyl (C=O) groups is 1. The van der Waals surface area contributed by atoms with Gasteiger partial charge in [0.25, 0.3) is 5.91 Å². The molecule has 0 atom stereocenters. The minimum Gasteiger partial charge on any atom is -0.350 e. The van der Waals surface area contributed by atoms with Crippen molar-refractivity contribution in [2.24, 2.45) is 7.05 Å². The molecule has 0 saturated carbocycles. The maximum atomic E-state index is 13.2. The van der Waals surface area contributed by atoms with E-state index in [0.717, 1.165) is 40.0 Å². The summed E-state index contributed by atoms with van der Waals surface area (Å²) in [6.07, 6.45) is 2.66. The van der Waals surface area contributed by atoms with Crippen LogP contribution in [0.3, 0.4) is 0 Å². The molecule has 0 N–H and O–H groups in total. The molecule has 1 aliphatic rings. The number of hydrogen-bond donors (Lipinski definition) is 0. The van der Waals surface area contributed by atoms with Crippen molar-refractivity contribution in [2.45, 2.75) is 13.0 Å². The van der Waals surface area contributed by atoms with Crippen LogP contribution in [-0.2, 0) is 20.0 Å². The lowest BCUT2D eigenvalue weighted by molar-refractivity contribution is 0.0733. The van der Waals surface area contributed by atoms with Gasteiger partial charge >= 0.3 is 0 Å². The summed E-state index contributed by atoms with van der Waals surface area (Å²) in [4.78, 5) is 15.0. The highest BCUT2D eigenvalue weighted by Gasteiger charge is 2.28. The van der Waals surface area contributed by atoms with E-state index >= 15 is 0 Å². The SMILES string of the molecule is Cn1cc(C(=O)N2CCc3c(nnn3-c3ccccc3)C2)c2ccccc21. The standard InChI is InChI=1S/C21H19N5O/c1-24-13-17(16-9-5-6-10-19(16)24)21(27)25-12-11-20-18(14-25)22-23-26(20)15-7-3-2-4-8-15/h2-10,13H,11-12,14H2,1H3. The predicted molar refractivity (Wildman–Crippen MR) is 103 cm³/mol. The number of carbonyl (C=O) groups excluding carboxylic acids is 1. The molecule has 3 heterocycles. The summed E-state index contributed by atoms with van der Waals surface area (Å²) in [5, 5.41) is 9.64. The number of benzene rings is 2. The predicted octanol–water partition coefficient (Wildman–Crippen LogP) is 2.96. The second kappa shape index (κ2) is 6.09. The van der Waals surface area contributed by atoms with Crippen molar-refractivity contribution in [2.75, 3.05) is 6.54 Å². The molecule has 6 nitrogen and oxygen atoms in total. The first-order valence-electron chi connectivity index (χ1n) is 9.04. The minimum atomic E-state index is 0.0479. The first-order chi connectivity index (χ1) is 13.2. The number of fused-ring (bicyclic) bond motifs is 2. The van der Waals surface area contributed by atoms with Crippen LogP contribution in [0.2, 0.25) is 0 Å². The molecule has 134 valence electrons. The molecule has 0 aliphatic carbocycles. The third kappa shape index (κ3) is 2.52. The quantitative estimate of drug-likeness (QED) is 0.554. The number of hydrogen-bond acceptors (Lipinski definition) is 3. The number of para-hydroxylation sites is 2. The first kappa shape index (κ1) is 15.8. The summed E-state index contributed by atoms with van der Waals surface area (Å²) >= 11 is 0. The zero-order valence-corrected chi connectivity index (χ0v) is 15.0. The van der Waals surface area contributed by atoms with E-state index in [1.54, 1.807) is 0 Å². The Morgan fingerprint density at radius 2 is 1.81 bits per heavy atom. The summed E-state index contributed by atoms with van der Waals surface area (Å²) in [5.41, 5.74) is 4.77. The van der Waals surface area contributed by atoms with Gasteiger partial charge in [-0.1, -0.05) is 41.6 Å². The largest absolute Gasteiger partial charge is 0.350 e. The van der Waals surface area contributed by atoms with E-state index < -0.39 is 0 Å². The van der Waals surface area contributed by atoms with E-state index in [9.17, 15) is 4.79 Å². The minimum absolute atomic E-state index is 0.0479. The van der Waals surface area contributed by atoms with Gasteiger partial charge in [0.1, 0.15) is 5.69 Å². The molecule has 27 heavy (non-hydrogen) atoms. The molecule has 2 aromatic heterocycles. The van der Waals surface area contributed by atoms with Crippen molar-refractivity contribution in [3.05, 3.63) is 77.7 Å². The van der Waals surface area contributed by atoms with Gasteiger partial charge in [0.2, 0.25) is 0 Å². The number of rotatable bonds is 2. The molecule has 0 fully saturated rings. The van der Waals surface area contributed by atoms with Gasteiger partial charge in [-0.15, -0.1) is 5.10 Å². The third-order valence-corrected chi connectivity index (χ3v) is 5.22. The monoisotopic (exact) mass is 357 g/mol. The van der Waals surface area contributed by atoms with Gasteiger partial charge in [0, 0.05) is 37.1 Å². The Balaban J connectivity index is 1.46. The number of aryl methyl sites for hydroxylation is 1. The maximum absolute atomic E-state index is 13.2. The van der Waals surface area contributed by atoms with Crippen LogP contribution in [-0.4, -0.2) is 36.9 Å². The first-order valence-corrected chi connectivity index (χ1v) is 9.04. The molecule has 0 radical (unpaired) electrons. The molecule has 2 aromatic carbocycles. The topological polar surface area (TPSA) is 56.0 Å². The van der Waals surface area contributed by atoms with Gasteiger partial charge in [0.05, 0.1) is 23.5 Å². The average molecular weight is 357 g/mol. The molecule has 6 heteroatoms. The van der Waals surface area contributed by atoms with Crippen molar-refractivity contribution >= 4 is 16.8 Å². The van der Waals surface area contributed by atoms with Gasteiger partial charge in [-0.3, -0.25) is 4.79 Å². The third-order valence-electron chi connectivity index (χ3n) is 5.22. The Bertz CT molecular complexity index is 1140. The zero-order valence-electron chi connectivity index (χ0n) is 15.0. The Labute approximate surface area is 156 Å². The number of amides is 1. The van der Waals surface area contributed by atoms with Crippen LogP contribution in [0.4, 0.5) is 0 Å². The fourth-order valence-electron chi connectivity index (χ4n) is 3.84. The number of nitrogens with zero attached hydrogens (tertiary/aromatic N) is 5. The fourth-order valence-corrected chi connectivity index (χ4v) is 3.84. The molecule has 0 spiro atoms. The summed E-state index contributed by atoms with van der Waals surface area (Å²) in [6, 6.07) is 18.0. The molecule has 4 aromatic rings. The summed E-state index contributed by atoms with van der Waals surface area (Å²) < 4.78 is 3.89. The molecule has 1 amide bonds. The van der Waals surface area contributed by atoms with Gasteiger partial charge in [0.15, 0.2) is 0 Å². The van der Waals surface area contributed by atoms with Crippen LogP contribution in [0.15, 0.2) is 60.8 Å². The normalized spacial score (nSPS) is 13.7. The van der Waals surface area contributed by atoms with Crippen LogP contribution in [0.5, 0.6) is 0 Å². The second-order valence-electron chi connectivity index (χ2n) is 6.88. The summed E-state index contributed by atoms with van der Waals surface area (Å²) in [5.74, 6) is 0.0479. The van der Waals surface area contributed by atoms with Gasteiger partial charge < -0.3 is 9.47 Å². The Hall–Kier alpha value is -3.41. The lowest BCUT2D eigenvalue weighted by atomic mass is 10.1. The van der Waals surface area contributed by atoms with Crippen LogP contribution in [0.25, 0.3) is 16.6 Å².